The van der Waals surface area contributed by atoms with Gasteiger partial charge >= 0.3 is 0 Å². The van der Waals surface area contributed by atoms with Crippen molar-refractivity contribution in [1.82, 2.24) is 25.0 Å². The van der Waals surface area contributed by atoms with E-state index in [4.69, 9.17) is 0 Å². The quantitative estimate of drug-likeness (QED) is 0.779. The summed E-state index contributed by atoms with van der Waals surface area (Å²) in [4.78, 5) is 4.06. The van der Waals surface area contributed by atoms with Crippen molar-refractivity contribution in [1.29, 1.82) is 0 Å². The molecule has 0 saturated carbocycles. The summed E-state index contributed by atoms with van der Waals surface area (Å²) in [6.07, 6.45) is 1.49. The molecule has 0 amide bonds. The summed E-state index contributed by atoms with van der Waals surface area (Å²) in [6, 6.07) is 2.03. The fourth-order valence-electron chi connectivity index (χ4n) is 1.47. The molecule has 0 bridgehead atoms. The molecule has 0 fully saturated rings. The minimum absolute atomic E-state index is 0.462. The Labute approximate surface area is 82.2 Å². The molecular weight excluding hydrogens is 178 g/mol. The zero-order valence-electron chi connectivity index (χ0n) is 8.52. The van der Waals surface area contributed by atoms with Crippen LogP contribution in [0.4, 0.5) is 0 Å². The Kier molecular flexibility index (Phi) is 2.07. The van der Waals surface area contributed by atoms with Crippen LogP contribution >= 0.6 is 0 Å². The number of rotatable bonds is 2. The Bertz CT molecular complexity index is 412. The summed E-state index contributed by atoms with van der Waals surface area (Å²) in [6.45, 7) is 4.28. The van der Waals surface area contributed by atoms with Crippen molar-refractivity contribution < 1.29 is 0 Å². The number of aromatic nitrogens is 5. The molecule has 74 valence electrons. The lowest BCUT2D eigenvalue weighted by Gasteiger charge is -2.02. The van der Waals surface area contributed by atoms with Gasteiger partial charge in [0.05, 0.1) is 0 Å². The van der Waals surface area contributed by atoms with Crippen LogP contribution < -0.4 is 0 Å². The summed E-state index contributed by atoms with van der Waals surface area (Å²) in [5.41, 5.74) is 2.03. The third-order valence-corrected chi connectivity index (χ3v) is 2.17. The first-order valence-corrected chi connectivity index (χ1v) is 4.58. The molecule has 0 aromatic carbocycles. The van der Waals surface area contributed by atoms with Crippen molar-refractivity contribution >= 4 is 0 Å². The van der Waals surface area contributed by atoms with E-state index >= 15 is 0 Å². The van der Waals surface area contributed by atoms with Crippen molar-refractivity contribution in [2.45, 2.75) is 19.8 Å². The molecule has 0 saturated heterocycles. The van der Waals surface area contributed by atoms with Gasteiger partial charge in [-0.05, 0) is 12.0 Å². The van der Waals surface area contributed by atoms with Crippen LogP contribution in [0, 0.1) is 0 Å². The van der Waals surface area contributed by atoms with Crippen molar-refractivity contribution in [3.05, 3.63) is 18.1 Å². The first kappa shape index (κ1) is 8.93. The summed E-state index contributed by atoms with van der Waals surface area (Å²) in [5, 5.41) is 11.0. The van der Waals surface area contributed by atoms with Gasteiger partial charge in [0, 0.05) is 12.7 Å². The van der Waals surface area contributed by atoms with Gasteiger partial charge in [0.2, 0.25) is 0 Å². The van der Waals surface area contributed by atoms with E-state index in [1.165, 1.54) is 12.0 Å². The van der Waals surface area contributed by atoms with E-state index < -0.39 is 0 Å². The number of hydrogen-bond donors (Lipinski definition) is 1. The zero-order valence-corrected chi connectivity index (χ0v) is 8.52. The number of nitrogens with zero attached hydrogens (tertiary/aromatic N) is 4. The molecule has 0 aliphatic carbocycles. The highest BCUT2D eigenvalue weighted by Crippen LogP contribution is 2.19. The first-order chi connectivity index (χ1) is 6.68. The van der Waals surface area contributed by atoms with Gasteiger partial charge in [-0.15, -0.1) is 0 Å². The highest BCUT2D eigenvalue weighted by atomic mass is 15.3. The molecule has 0 radical (unpaired) electrons. The average Bonchev–Trinajstić information content (AvgIpc) is 2.70. The van der Waals surface area contributed by atoms with E-state index in [-0.39, 0.29) is 0 Å². The highest BCUT2D eigenvalue weighted by Gasteiger charge is 2.11. The first-order valence-electron chi connectivity index (χ1n) is 4.58. The molecule has 5 heteroatoms. The second kappa shape index (κ2) is 3.25. The molecule has 0 unspecified atom stereocenters. The standard InChI is InChI=1S/C9H13N5/c1-6(2)8-4-7(13-14(8)3)9-10-5-11-12-9/h4-6H,1-3H3,(H,10,11,12). The fraction of sp³-hybridized carbons (Fsp3) is 0.444. The molecule has 2 aromatic rings. The minimum atomic E-state index is 0.462. The van der Waals surface area contributed by atoms with Gasteiger partial charge in [-0.1, -0.05) is 13.8 Å². The second-order valence-electron chi connectivity index (χ2n) is 3.57. The number of hydrogen-bond acceptors (Lipinski definition) is 3. The van der Waals surface area contributed by atoms with Gasteiger partial charge in [-0.2, -0.15) is 10.2 Å². The van der Waals surface area contributed by atoms with Crippen molar-refractivity contribution in [2.24, 2.45) is 7.05 Å². The smallest absolute Gasteiger partial charge is 0.176 e. The van der Waals surface area contributed by atoms with Crippen LogP contribution in [0.2, 0.25) is 0 Å². The molecule has 0 aliphatic heterocycles. The van der Waals surface area contributed by atoms with Crippen molar-refractivity contribution in [3.63, 3.8) is 0 Å². The van der Waals surface area contributed by atoms with Gasteiger partial charge in [0.1, 0.15) is 12.0 Å². The lowest BCUT2D eigenvalue weighted by atomic mass is 10.1. The molecule has 0 aliphatic rings. The number of nitrogens with one attached hydrogen (secondary N) is 1. The van der Waals surface area contributed by atoms with E-state index in [0.29, 0.717) is 11.7 Å². The maximum absolute atomic E-state index is 4.36. The van der Waals surface area contributed by atoms with Crippen molar-refractivity contribution in [3.8, 4) is 11.5 Å². The molecule has 5 nitrogen and oxygen atoms in total. The van der Waals surface area contributed by atoms with Crippen LogP contribution in [0.15, 0.2) is 12.4 Å². The molecule has 0 spiro atoms. The predicted molar refractivity (Wildman–Crippen MR) is 52.7 cm³/mol. The van der Waals surface area contributed by atoms with Crippen LogP contribution in [-0.4, -0.2) is 25.0 Å². The predicted octanol–water partition coefficient (Wildman–Crippen LogP) is 1.33. The Balaban J connectivity index is 2.43. The summed E-state index contributed by atoms with van der Waals surface area (Å²) >= 11 is 0. The Morgan fingerprint density at radius 1 is 1.43 bits per heavy atom. The summed E-state index contributed by atoms with van der Waals surface area (Å²) < 4.78 is 1.88. The number of aryl methyl sites for hydroxylation is 1. The van der Waals surface area contributed by atoms with Gasteiger partial charge in [-0.25, -0.2) is 4.98 Å². The fourth-order valence-corrected chi connectivity index (χ4v) is 1.47. The third kappa shape index (κ3) is 1.41. The van der Waals surface area contributed by atoms with Gasteiger partial charge in [0.15, 0.2) is 5.82 Å². The minimum Gasteiger partial charge on any atom is -0.272 e. The number of aromatic amines is 1. The van der Waals surface area contributed by atoms with Crippen LogP contribution in [0.3, 0.4) is 0 Å². The average molecular weight is 191 g/mol. The molecule has 1 N–H and O–H groups in total. The maximum atomic E-state index is 4.36. The van der Waals surface area contributed by atoms with Gasteiger partial charge in [-0.3, -0.25) is 9.78 Å². The monoisotopic (exact) mass is 191 g/mol. The van der Waals surface area contributed by atoms with E-state index in [0.717, 1.165) is 5.69 Å². The topological polar surface area (TPSA) is 59.4 Å². The molecular formula is C9H13N5. The SMILES string of the molecule is CC(C)c1cc(-c2ncn[nH]2)nn1C. The number of H-pyrrole nitrogens is 1. The van der Waals surface area contributed by atoms with Crippen LogP contribution in [-0.2, 0) is 7.05 Å². The third-order valence-electron chi connectivity index (χ3n) is 2.17. The van der Waals surface area contributed by atoms with Gasteiger partial charge < -0.3 is 0 Å². The Morgan fingerprint density at radius 2 is 2.21 bits per heavy atom. The zero-order chi connectivity index (χ0) is 10.1. The largest absolute Gasteiger partial charge is 0.272 e. The van der Waals surface area contributed by atoms with E-state index in [9.17, 15) is 0 Å². The van der Waals surface area contributed by atoms with E-state index in [2.05, 4.69) is 34.1 Å². The Morgan fingerprint density at radius 3 is 2.71 bits per heavy atom. The van der Waals surface area contributed by atoms with Gasteiger partial charge in [0.25, 0.3) is 0 Å². The maximum Gasteiger partial charge on any atom is 0.176 e. The molecule has 2 rings (SSSR count). The van der Waals surface area contributed by atoms with Crippen LogP contribution in [0.1, 0.15) is 25.5 Å². The lowest BCUT2D eigenvalue weighted by molar-refractivity contribution is 0.670. The summed E-state index contributed by atoms with van der Waals surface area (Å²) in [7, 11) is 1.94. The normalized spacial score (nSPS) is 11.1. The van der Waals surface area contributed by atoms with Crippen molar-refractivity contribution in [2.75, 3.05) is 0 Å². The Hall–Kier alpha value is -1.65. The molecule has 2 heterocycles. The summed E-state index contributed by atoms with van der Waals surface area (Å²) in [5.74, 6) is 1.18. The van der Waals surface area contributed by atoms with Crippen LogP contribution in [0.25, 0.3) is 11.5 Å². The molecule has 14 heavy (non-hydrogen) atoms. The van der Waals surface area contributed by atoms with E-state index in [1.807, 2.05) is 17.8 Å². The highest BCUT2D eigenvalue weighted by molar-refractivity contribution is 5.48. The van der Waals surface area contributed by atoms with E-state index in [1.54, 1.807) is 0 Å². The lowest BCUT2D eigenvalue weighted by Crippen LogP contribution is -1.99. The second-order valence-corrected chi connectivity index (χ2v) is 3.57. The van der Waals surface area contributed by atoms with Crippen LogP contribution in [0.5, 0.6) is 0 Å². The molecule has 2 aromatic heterocycles. The molecule has 0 atom stereocenters.